The predicted molar refractivity (Wildman–Crippen MR) is 67.7 cm³/mol. The molecule has 0 amide bonds. The molecule has 1 aromatic rings. The van der Waals surface area contributed by atoms with Gasteiger partial charge in [0.2, 0.25) is 0 Å². The summed E-state index contributed by atoms with van der Waals surface area (Å²) in [6.07, 6.45) is 4.08. The number of nitrogen functional groups attached to an aromatic ring is 1. The molecule has 1 rings (SSSR count). The van der Waals surface area contributed by atoms with Gasteiger partial charge in [0.15, 0.2) is 0 Å². The van der Waals surface area contributed by atoms with Gasteiger partial charge in [-0.15, -0.1) is 0 Å². The van der Waals surface area contributed by atoms with Crippen LogP contribution in [0.2, 0.25) is 0 Å². The van der Waals surface area contributed by atoms with Gasteiger partial charge in [-0.2, -0.15) is 0 Å². The Labute approximate surface area is 92.2 Å². The summed E-state index contributed by atoms with van der Waals surface area (Å²) in [5.74, 6) is 5.46. The number of hydrogen-bond donors (Lipinski definition) is 2. The summed E-state index contributed by atoms with van der Waals surface area (Å²) in [5, 5.41) is 0. The first-order valence-electron chi connectivity index (χ1n) is 5.23. The Morgan fingerprint density at radius 2 is 1.93 bits per heavy atom. The van der Waals surface area contributed by atoms with E-state index in [4.69, 9.17) is 5.84 Å². The number of nitrogens with one attached hydrogen (secondary N) is 1. The standard InChI is InChI=1S/C13H20N2/c1-5-6-10-9-11(13(2,3)4)7-8-12(10)15-14/h5-9,15H,14H2,1-4H3/b6-5-. The maximum Gasteiger partial charge on any atom is 0.0557 e. The van der Waals surface area contributed by atoms with Gasteiger partial charge in [0.25, 0.3) is 0 Å². The third-order valence-electron chi connectivity index (χ3n) is 2.42. The molecule has 0 spiro atoms. The molecule has 3 N–H and O–H groups in total. The van der Waals surface area contributed by atoms with E-state index in [-0.39, 0.29) is 5.41 Å². The van der Waals surface area contributed by atoms with Gasteiger partial charge in [-0.25, -0.2) is 0 Å². The molecular formula is C13H20N2. The van der Waals surface area contributed by atoms with Crippen LogP contribution in [0.3, 0.4) is 0 Å². The molecule has 0 aliphatic carbocycles. The van der Waals surface area contributed by atoms with Crippen LogP contribution in [0.25, 0.3) is 6.08 Å². The molecule has 0 heterocycles. The van der Waals surface area contributed by atoms with Gasteiger partial charge in [-0.05, 0) is 35.6 Å². The average Bonchev–Trinajstić information content (AvgIpc) is 2.17. The summed E-state index contributed by atoms with van der Waals surface area (Å²) in [7, 11) is 0. The van der Waals surface area contributed by atoms with Crippen LogP contribution in [0, 0.1) is 0 Å². The van der Waals surface area contributed by atoms with Gasteiger partial charge in [0.1, 0.15) is 0 Å². The molecule has 2 heteroatoms. The number of rotatable bonds is 2. The van der Waals surface area contributed by atoms with Gasteiger partial charge in [0, 0.05) is 0 Å². The van der Waals surface area contributed by atoms with E-state index < -0.39 is 0 Å². The smallest absolute Gasteiger partial charge is 0.0557 e. The second-order valence-electron chi connectivity index (χ2n) is 4.70. The molecule has 1 aromatic carbocycles. The Bertz CT molecular complexity index is 359. The summed E-state index contributed by atoms with van der Waals surface area (Å²) >= 11 is 0. The van der Waals surface area contributed by atoms with Crippen molar-refractivity contribution in [2.45, 2.75) is 33.1 Å². The van der Waals surface area contributed by atoms with E-state index >= 15 is 0 Å². The Kier molecular flexibility index (Phi) is 3.53. The molecule has 0 radical (unpaired) electrons. The highest BCUT2D eigenvalue weighted by Crippen LogP contribution is 2.27. The van der Waals surface area contributed by atoms with Crippen molar-refractivity contribution in [2.24, 2.45) is 5.84 Å². The lowest BCUT2D eigenvalue weighted by molar-refractivity contribution is 0.590. The maximum absolute atomic E-state index is 5.46. The molecule has 2 nitrogen and oxygen atoms in total. The van der Waals surface area contributed by atoms with Gasteiger partial charge in [0.05, 0.1) is 5.69 Å². The minimum atomic E-state index is 0.170. The summed E-state index contributed by atoms with van der Waals surface area (Å²) in [6.45, 7) is 8.62. The largest absolute Gasteiger partial charge is 0.324 e. The third kappa shape index (κ3) is 2.83. The van der Waals surface area contributed by atoms with E-state index in [0.29, 0.717) is 0 Å². The van der Waals surface area contributed by atoms with Crippen molar-refractivity contribution in [3.8, 4) is 0 Å². The lowest BCUT2D eigenvalue weighted by Crippen LogP contribution is -2.13. The Morgan fingerprint density at radius 3 is 2.40 bits per heavy atom. The molecule has 0 aromatic heterocycles. The lowest BCUT2D eigenvalue weighted by atomic mass is 9.86. The molecule has 82 valence electrons. The van der Waals surface area contributed by atoms with Crippen LogP contribution < -0.4 is 11.3 Å². The Balaban J connectivity index is 3.22. The minimum absolute atomic E-state index is 0.170. The number of allylic oxidation sites excluding steroid dienone is 1. The third-order valence-corrected chi connectivity index (χ3v) is 2.42. The molecule has 0 atom stereocenters. The van der Waals surface area contributed by atoms with Crippen molar-refractivity contribution in [1.29, 1.82) is 0 Å². The average molecular weight is 204 g/mol. The van der Waals surface area contributed by atoms with Crippen LogP contribution in [0.1, 0.15) is 38.8 Å². The molecule has 0 unspecified atom stereocenters. The van der Waals surface area contributed by atoms with Crippen molar-refractivity contribution >= 4 is 11.8 Å². The zero-order chi connectivity index (χ0) is 11.5. The van der Waals surface area contributed by atoms with Crippen molar-refractivity contribution in [1.82, 2.24) is 0 Å². The van der Waals surface area contributed by atoms with Gasteiger partial charge in [-0.3, -0.25) is 5.84 Å². The topological polar surface area (TPSA) is 38.0 Å². The quantitative estimate of drug-likeness (QED) is 0.573. The summed E-state index contributed by atoms with van der Waals surface area (Å²) in [5.41, 5.74) is 6.28. The Hall–Kier alpha value is -1.28. The lowest BCUT2D eigenvalue weighted by Gasteiger charge is -2.20. The Morgan fingerprint density at radius 1 is 1.27 bits per heavy atom. The monoisotopic (exact) mass is 204 g/mol. The van der Waals surface area contributed by atoms with Crippen LogP contribution in [0.4, 0.5) is 5.69 Å². The molecule has 0 saturated carbocycles. The maximum atomic E-state index is 5.46. The first-order valence-corrected chi connectivity index (χ1v) is 5.23. The normalized spacial score (nSPS) is 12.1. The highest BCUT2D eigenvalue weighted by molar-refractivity contribution is 5.67. The van der Waals surface area contributed by atoms with Gasteiger partial charge in [-0.1, -0.05) is 39.0 Å². The summed E-state index contributed by atoms with van der Waals surface area (Å²) in [4.78, 5) is 0. The summed E-state index contributed by atoms with van der Waals surface area (Å²) < 4.78 is 0. The molecule has 0 fully saturated rings. The van der Waals surface area contributed by atoms with Crippen LogP contribution in [-0.2, 0) is 5.41 Å². The van der Waals surface area contributed by atoms with Gasteiger partial charge < -0.3 is 5.43 Å². The second kappa shape index (κ2) is 4.49. The molecule has 0 saturated heterocycles. The van der Waals surface area contributed by atoms with E-state index in [1.54, 1.807) is 0 Å². The number of anilines is 1. The SMILES string of the molecule is C/C=C\c1cc(C(C)(C)C)ccc1NN. The zero-order valence-corrected chi connectivity index (χ0v) is 9.96. The molecular weight excluding hydrogens is 184 g/mol. The number of benzene rings is 1. The minimum Gasteiger partial charge on any atom is -0.324 e. The van der Waals surface area contributed by atoms with E-state index in [1.807, 2.05) is 19.1 Å². The summed E-state index contributed by atoms with van der Waals surface area (Å²) in [6, 6.07) is 6.31. The van der Waals surface area contributed by atoms with E-state index in [1.165, 1.54) is 5.56 Å². The van der Waals surface area contributed by atoms with E-state index in [9.17, 15) is 0 Å². The van der Waals surface area contributed by atoms with Crippen molar-refractivity contribution < 1.29 is 0 Å². The molecule has 15 heavy (non-hydrogen) atoms. The fourth-order valence-electron chi connectivity index (χ4n) is 1.48. The van der Waals surface area contributed by atoms with Crippen LogP contribution in [-0.4, -0.2) is 0 Å². The van der Waals surface area contributed by atoms with Crippen molar-refractivity contribution in [2.75, 3.05) is 5.43 Å². The van der Waals surface area contributed by atoms with Crippen molar-refractivity contribution in [3.63, 3.8) is 0 Å². The fourth-order valence-corrected chi connectivity index (χ4v) is 1.48. The first-order chi connectivity index (χ1) is 6.99. The number of hydrazine groups is 1. The van der Waals surface area contributed by atoms with Crippen molar-refractivity contribution in [3.05, 3.63) is 35.4 Å². The second-order valence-corrected chi connectivity index (χ2v) is 4.70. The molecule has 0 aliphatic heterocycles. The number of nitrogens with two attached hydrogens (primary N) is 1. The van der Waals surface area contributed by atoms with Crippen LogP contribution >= 0.6 is 0 Å². The fraction of sp³-hybridized carbons (Fsp3) is 0.385. The highest BCUT2D eigenvalue weighted by Gasteiger charge is 2.14. The molecule has 0 aliphatic rings. The highest BCUT2D eigenvalue weighted by atomic mass is 15.2. The van der Waals surface area contributed by atoms with Crippen LogP contribution in [0.15, 0.2) is 24.3 Å². The van der Waals surface area contributed by atoms with E-state index in [2.05, 4.69) is 44.4 Å². The van der Waals surface area contributed by atoms with Crippen LogP contribution in [0.5, 0.6) is 0 Å². The zero-order valence-electron chi connectivity index (χ0n) is 9.96. The van der Waals surface area contributed by atoms with Gasteiger partial charge >= 0.3 is 0 Å². The first kappa shape index (κ1) is 11.8. The number of hydrogen-bond acceptors (Lipinski definition) is 2. The predicted octanol–water partition coefficient (Wildman–Crippen LogP) is 3.30. The van der Waals surface area contributed by atoms with E-state index in [0.717, 1.165) is 11.3 Å². The molecule has 0 bridgehead atoms.